The minimum atomic E-state index is -2.96. The summed E-state index contributed by atoms with van der Waals surface area (Å²) in [5.41, 5.74) is 2.85. The van der Waals surface area contributed by atoms with Crippen molar-refractivity contribution in [1.82, 2.24) is 14.8 Å². The van der Waals surface area contributed by atoms with Gasteiger partial charge in [0.25, 0.3) is 11.8 Å². The van der Waals surface area contributed by atoms with Gasteiger partial charge in [-0.05, 0) is 97.8 Å². The zero-order valence-electron chi connectivity index (χ0n) is 28.0. The molecule has 1 unspecified atom stereocenters. The van der Waals surface area contributed by atoms with E-state index in [4.69, 9.17) is 0 Å². The molecule has 11 heteroatoms. The van der Waals surface area contributed by atoms with Crippen molar-refractivity contribution in [3.8, 4) is 0 Å². The highest BCUT2D eigenvalue weighted by Crippen LogP contribution is 2.37. The van der Waals surface area contributed by atoms with Crippen molar-refractivity contribution < 1.29 is 23.5 Å². The van der Waals surface area contributed by atoms with Crippen molar-refractivity contribution in [2.24, 2.45) is 5.92 Å². The van der Waals surface area contributed by atoms with Crippen molar-refractivity contribution in [2.45, 2.75) is 64.8 Å². The van der Waals surface area contributed by atoms with E-state index in [0.29, 0.717) is 40.2 Å². The van der Waals surface area contributed by atoms with Crippen LogP contribution in [0.25, 0.3) is 6.08 Å². The van der Waals surface area contributed by atoms with Gasteiger partial charge in [-0.3, -0.25) is 9.69 Å². The summed E-state index contributed by atoms with van der Waals surface area (Å²) in [5, 5.41) is 9.51. The Kier molecular flexibility index (Phi) is 12.6. The van der Waals surface area contributed by atoms with Gasteiger partial charge in [0.1, 0.15) is 11.6 Å². The van der Waals surface area contributed by atoms with Crippen LogP contribution in [0.15, 0.2) is 53.3 Å². The van der Waals surface area contributed by atoms with Crippen molar-refractivity contribution in [1.29, 1.82) is 0 Å². The van der Waals surface area contributed by atoms with Crippen molar-refractivity contribution in [2.75, 3.05) is 62.7 Å². The number of alkyl halides is 2. The number of Topliss-reactive ketones (excluding diaryl/α,β-unsaturated/α-hetero) is 1. The summed E-state index contributed by atoms with van der Waals surface area (Å²) < 4.78 is 29.1. The first-order valence-corrected chi connectivity index (χ1v) is 17.2. The number of amides is 1. The number of ketones is 1. The van der Waals surface area contributed by atoms with E-state index in [0.717, 1.165) is 89.5 Å². The lowest BCUT2D eigenvalue weighted by Crippen LogP contribution is -2.47. The molecular formula is C36H48BrF2N5O3. The Bertz CT molecular complexity index is 1450. The van der Waals surface area contributed by atoms with E-state index in [1.54, 1.807) is 25.1 Å². The third-order valence-electron chi connectivity index (χ3n) is 9.46. The summed E-state index contributed by atoms with van der Waals surface area (Å²) in [7, 11) is 1.74. The number of hydrogen-bond acceptors (Lipinski definition) is 7. The summed E-state index contributed by atoms with van der Waals surface area (Å²) in [5.74, 6) is -2.14. The van der Waals surface area contributed by atoms with Gasteiger partial charge in [-0.1, -0.05) is 18.2 Å². The summed E-state index contributed by atoms with van der Waals surface area (Å²) in [6.45, 7) is 14.3. The van der Waals surface area contributed by atoms with Gasteiger partial charge in [-0.2, -0.15) is 0 Å². The molecule has 1 amide bonds. The lowest BCUT2D eigenvalue weighted by atomic mass is 9.93. The first-order valence-electron chi connectivity index (χ1n) is 16.4. The van der Waals surface area contributed by atoms with Crippen molar-refractivity contribution in [3.63, 3.8) is 0 Å². The van der Waals surface area contributed by atoms with E-state index in [-0.39, 0.29) is 23.3 Å². The molecule has 0 radical (unpaired) electrons. The predicted octanol–water partition coefficient (Wildman–Crippen LogP) is 7.30. The Morgan fingerprint density at radius 3 is 2.40 bits per heavy atom. The number of piperidine rings is 1. The molecule has 0 bridgehead atoms. The highest BCUT2D eigenvalue weighted by atomic mass is 79.9. The Morgan fingerprint density at radius 2 is 1.81 bits per heavy atom. The molecule has 47 heavy (non-hydrogen) atoms. The summed E-state index contributed by atoms with van der Waals surface area (Å²) in [4.78, 5) is 38.1. The molecule has 1 aromatic heterocycles. The molecule has 2 saturated heterocycles. The quantitative estimate of drug-likeness (QED) is 0.172. The van der Waals surface area contributed by atoms with Crippen LogP contribution < -0.4 is 9.80 Å². The number of likely N-dealkylation sites (N-methyl/N-ethyl adjacent to an activating group) is 1. The number of nitrogens with zero attached hydrogens (tertiary/aromatic N) is 5. The summed E-state index contributed by atoms with van der Waals surface area (Å²) in [6, 6.07) is 6.96. The number of carbonyl (C=O) groups is 2. The van der Waals surface area contributed by atoms with Crippen LogP contribution in [0.1, 0.15) is 74.4 Å². The van der Waals surface area contributed by atoms with Crippen molar-refractivity contribution in [3.05, 3.63) is 70.0 Å². The summed E-state index contributed by atoms with van der Waals surface area (Å²) >= 11 is 3.28. The smallest absolute Gasteiger partial charge is 0.274 e. The van der Waals surface area contributed by atoms with E-state index in [1.165, 1.54) is 12.1 Å². The third kappa shape index (κ3) is 9.63. The maximum Gasteiger partial charge on any atom is 0.274 e. The average molecular weight is 717 g/mol. The predicted molar refractivity (Wildman–Crippen MR) is 188 cm³/mol. The standard InChI is InChI=1S/C36H48BrF2N5O3/c1-25(2)33(9-6-26(3)46)41(5)35(47)31-23-30(8-7-28(31)13-21-45)43-19-17-42(18-20-43)14-10-27-11-15-44(16-12-27)34-32(36(4,38)39)22-29(37)24-40-34/h7-8,13,21-24,27,33,45H,1,6,9-12,14-20H2,2-5H3/b21-13+. The molecule has 2 aromatic rings. The van der Waals surface area contributed by atoms with Gasteiger partial charge in [0.05, 0.1) is 17.9 Å². The molecule has 0 saturated carbocycles. The monoisotopic (exact) mass is 715 g/mol. The number of piperazine rings is 1. The Morgan fingerprint density at radius 1 is 1.13 bits per heavy atom. The van der Waals surface area contributed by atoms with Gasteiger partial charge < -0.3 is 24.6 Å². The maximum atomic E-state index is 14.3. The molecule has 2 aliphatic heterocycles. The molecule has 0 spiro atoms. The SMILES string of the molecule is C=C(C)C(CCC(C)=O)N(C)C(=O)c1cc(N2CCN(CCC3CCN(c4ncc(Br)cc4C(C)(F)F)CC3)CC2)ccc1/C=C/O. The number of aromatic nitrogens is 1. The fourth-order valence-corrected chi connectivity index (χ4v) is 6.96. The van der Waals surface area contributed by atoms with Crippen LogP contribution in [0.3, 0.4) is 0 Å². The zero-order valence-corrected chi connectivity index (χ0v) is 29.6. The van der Waals surface area contributed by atoms with Gasteiger partial charge in [-0.25, -0.2) is 13.8 Å². The topological polar surface area (TPSA) is 80.2 Å². The van der Waals surface area contributed by atoms with E-state index in [1.807, 2.05) is 30.0 Å². The van der Waals surface area contributed by atoms with Gasteiger partial charge in [0, 0.05) is 81.6 Å². The van der Waals surface area contributed by atoms with E-state index >= 15 is 0 Å². The van der Waals surface area contributed by atoms with E-state index in [9.17, 15) is 23.5 Å². The molecule has 2 aliphatic rings. The van der Waals surface area contributed by atoms with Crippen LogP contribution in [0, 0.1) is 5.92 Å². The van der Waals surface area contributed by atoms with Crippen LogP contribution in [0.2, 0.25) is 0 Å². The molecule has 4 rings (SSSR count). The van der Waals surface area contributed by atoms with E-state index in [2.05, 4.69) is 37.3 Å². The second-order valence-electron chi connectivity index (χ2n) is 13.1. The number of hydrogen-bond donors (Lipinski definition) is 1. The molecule has 1 aromatic carbocycles. The minimum Gasteiger partial charge on any atom is -0.516 e. The van der Waals surface area contributed by atoms with Crippen molar-refractivity contribution >= 4 is 45.2 Å². The second-order valence-corrected chi connectivity index (χ2v) is 14.0. The minimum absolute atomic E-state index is 0.0353. The lowest BCUT2D eigenvalue weighted by molar-refractivity contribution is -0.117. The maximum absolute atomic E-state index is 14.3. The number of benzene rings is 1. The first kappa shape index (κ1) is 36.5. The van der Waals surface area contributed by atoms with Crippen LogP contribution in [-0.4, -0.2) is 90.5 Å². The van der Waals surface area contributed by atoms with Crippen LogP contribution in [-0.2, 0) is 10.7 Å². The number of rotatable bonds is 13. The lowest BCUT2D eigenvalue weighted by Gasteiger charge is -2.38. The number of aliphatic hydroxyl groups excluding tert-OH is 1. The molecular weight excluding hydrogens is 668 g/mol. The largest absolute Gasteiger partial charge is 0.516 e. The van der Waals surface area contributed by atoms with E-state index < -0.39 is 5.92 Å². The number of carbonyl (C=O) groups excluding carboxylic acids is 2. The number of aliphatic hydroxyl groups is 1. The molecule has 2 fully saturated rings. The zero-order chi connectivity index (χ0) is 34.3. The Labute approximate surface area is 286 Å². The fraction of sp³-hybridized carbons (Fsp3) is 0.528. The second kappa shape index (κ2) is 16.2. The molecule has 8 nitrogen and oxygen atoms in total. The molecule has 1 N–H and O–H groups in total. The molecule has 0 aliphatic carbocycles. The van der Waals surface area contributed by atoms with Crippen LogP contribution in [0.4, 0.5) is 20.3 Å². The summed E-state index contributed by atoms with van der Waals surface area (Å²) in [6.07, 6.45) is 7.91. The van der Waals surface area contributed by atoms with Gasteiger partial charge in [-0.15, -0.1) is 0 Å². The molecule has 1 atom stereocenters. The fourth-order valence-electron chi connectivity index (χ4n) is 6.63. The normalized spacial score (nSPS) is 17.3. The van der Waals surface area contributed by atoms with Crippen LogP contribution in [0.5, 0.6) is 0 Å². The van der Waals surface area contributed by atoms with Gasteiger partial charge in [0.2, 0.25) is 0 Å². The Balaban J connectivity index is 1.32. The average Bonchev–Trinajstić information content (AvgIpc) is 3.03. The molecule has 256 valence electrons. The third-order valence-corrected chi connectivity index (χ3v) is 9.89. The highest BCUT2D eigenvalue weighted by Gasteiger charge is 2.33. The highest BCUT2D eigenvalue weighted by molar-refractivity contribution is 9.10. The molecule has 3 heterocycles. The van der Waals surface area contributed by atoms with Gasteiger partial charge in [0.15, 0.2) is 0 Å². The Hall–Kier alpha value is -3.31. The first-order chi connectivity index (χ1) is 22.3. The van der Waals surface area contributed by atoms with Crippen LogP contribution >= 0.6 is 15.9 Å². The number of anilines is 2. The van der Waals surface area contributed by atoms with Gasteiger partial charge >= 0.3 is 0 Å². The number of halogens is 3. The number of pyridine rings is 1.